The molecule has 0 radical (unpaired) electrons. The van der Waals surface area contributed by atoms with Gasteiger partial charge in [0.15, 0.2) is 0 Å². The number of likely N-dealkylation sites (tertiary alicyclic amines) is 1. The lowest BCUT2D eigenvalue weighted by Gasteiger charge is -2.19. The third-order valence-electron chi connectivity index (χ3n) is 2.56. The standard InChI is InChI=1S/C9H13N3O2/c13-9(14)7-2-1-5-12(7)6-8-10-3-4-11-8/h3-4,7H,1-2,5-6H2,(H,10,11)(H,13,14). The van der Waals surface area contributed by atoms with Crippen LogP contribution in [0, 0.1) is 0 Å². The summed E-state index contributed by atoms with van der Waals surface area (Å²) in [6, 6.07) is -0.333. The molecule has 0 spiro atoms. The summed E-state index contributed by atoms with van der Waals surface area (Å²) in [7, 11) is 0. The van der Waals surface area contributed by atoms with Crippen molar-refractivity contribution in [2.75, 3.05) is 6.54 Å². The van der Waals surface area contributed by atoms with Crippen LogP contribution in [0.1, 0.15) is 18.7 Å². The largest absolute Gasteiger partial charge is 0.480 e. The van der Waals surface area contributed by atoms with Gasteiger partial charge < -0.3 is 10.1 Å². The normalized spacial score (nSPS) is 22.7. The van der Waals surface area contributed by atoms with E-state index < -0.39 is 5.97 Å². The molecular weight excluding hydrogens is 182 g/mol. The van der Waals surface area contributed by atoms with Gasteiger partial charge in [0.25, 0.3) is 0 Å². The second-order valence-corrected chi connectivity index (χ2v) is 3.50. The van der Waals surface area contributed by atoms with Crippen LogP contribution < -0.4 is 0 Å². The number of carboxylic acids is 1. The molecule has 1 unspecified atom stereocenters. The van der Waals surface area contributed by atoms with Crippen LogP contribution in [0.15, 0.2) is 12.4 Å². The molecule has 14 heavy (non-hydrogen) atoms. The van der Waals surface area contributed by atoms with Crippen molar-refractivity contribution in [3.05, 3.63) is 18.2 Å². The van der Waals surface area contributed by atoms with E-state index in [9.17, 15) is 4.79 Å². The number of aliphatic carboxylic acids is 1. The summed E-state index contributed by atoms with van der Waals surface area (Å²) in [6.07, 6.45) is 5.13. The van der Waals surface area contributed by atoms with E-state index >= 15 is 0 Å². The number of carboxylic acid groups (broad SMARTS) is 1. The van der Waals surface area contributed by atoms with Gasteiger partial charge in [-0.25, -0.2) is 4.98 Å². The molecule has 1 saturated heterocycles. The Morgan fingerprint density at radius 1 is 1.79 bits per heavy atom. The molecule has 0 saturated carbocycles. The van der Waals surface area contributed by atoms with Gasteiger partial charge in [-0.1, -0.05) is 0 Å². The second kappa shape index (κ2) is 3.79. The number of aromatic amines is 1. The Kier molecular flexibility index (Phi) is 2.49. The number of aromatic nitrogens is 2. The lowest BCUT2D eigenvalue weighted by atomic mass is 10.2. The van der Waals surface area contributed by atoms with Gasteiger partial charge in [-0.2, -0.15) is 0 Å². The fourth-order valence-corrected chi connectivity index (χ4v) is 1.87. The molecule has 0 amide bonds. The maximum atomic E-state index is 10.9. The maximum absolute atomic E-state index is 10.9. The minimum atomic E-state index is -0.728. The molecule has 0 aromatic carbocycles. The summed E-state index contributed by atoms with van der Waals surface area (Å²) in [5.41, 5.74) is 0. The van der Waals surface area contributed by atoms with Gasteiger partial charge in [-0.05, 0) is 19.4 Å². The van der Waals surface area contributed by atoms with Gasteiger partial charge in [0.05, 0.1) is 6.54 Å². The molecule has 0 aliphatic carbocycles. The highest BCUT2D eigenvalue weighted by Gasteiger charge is 2.30. The van der Waals surface area contributed by atoms with Crippen LogP contribution in [0.25, 0.3) is 0 Å². The van der Waals surface area contributed by atoms with Crippen molar-refractivity contribution in [2.45, 2.75) is 25.4 Å². The quantitative estimate of drug-likeness (QED) is 0.735. The van der Waals surface area contributed by atoms with Crippen LogP contribution in [0.2, 0.25) is 0 Å². The monoisotopic (exact) mass is 195 g/mol. The lowest BCUT2D eigenvalue weighted by molar-refractivity contribution is -0.142. The zero-order chi connectivity index (χ0) is 9.97. The molecule has 5 nitrogen and oxygen atoms in total. The van der Waals surface area contributed by atoms with E-state index in [2.05, 4.69) is 9.97 Å². The zero-order valence-electron chi connectivity index (χ0n) is 7.81. The number of H-pyrrole nitrogens is 1. The van der Waals surface area contributed by atoms with Crippen molar-refractivity contribution in [2.24, 2.45) is 0 Å². The number of rotatable bonds is 3. The number of nitrogens with one attached hydrogen (secondary N) is 1. The molecule has 76 valence electrons. The van der Waals surface area contributed by atoms with Crippen molar-refractivity contribution >= 4 is 5.97 Å². The van der Waals surface area contributed by atoms with E-state index in [4.69, 9.17) is 5.11 Å². The smallest absolute Gasteiger partial charge is 0.320 e. The fourth-order valence-electron chi connectivity index (χ4n) is 1.87. The summed E-state index contributed by atoms with van der Waals surface area (Å²) in [5.74, 6) is 0.104. The molecule has 0 bridgehead atoms. The third-order valence-corrected chi connectivity index (χ3v) is 2.56. The number of hydrogen-bond donors (Lipinski definition) is 2. The SMILES string of the molecule is O=C(O)C1CCCN1Cc1ncc[nH]1. The van der Waals surface area contributed by atoms with E-state index in [1.807, 2.05) is 4.90 Å². The van der Waals surface area contributed by atoms with Gasteiger partial charge >= 0.3 is 5.97 Å². The van der Waals surface area contributed by atoms with Gasteiger partial charge in [0.2, 0.25) is 0 Å². The minimum absolute atomic E-state index is 0.333. The van der Waals surface area contributed by atoms with Gasteiger partial charge in [-0.3, -0.25) is 9.69 Å². The highest BCUT2D eigenvalue weighted by molar-refractivity contribution is 5.73. The van der Waals surface area contributed by atoms with E-state index in [0.717, 1.165) is 25.2 Å². The summed E-state index contributed by atoms with van der Waals surface area (Å²) < 4.78 is 0. The zero-order valence-corrected chi connectivity index (χ0v) is 7.81. The van der Waals surface area contributed by atoms with Crippen LogP contribution in [0.4, 0.5) is 0 Å². The summed E-state index contributed by atoms with van der Waals surface area (Å²) in [5, 5.41) is 8.94. The fraction of sp³-hybridized carbons (Fsp3) is 0.556. The van der Waals surface area contributed by atoms with Crippen molar-refractivity contribution in [1.29, 1.82) is 0 Å². The highest BCUT2D eigenvalue weighted by Crippen LogP contribution is 2.18. The van der Waals surface area contributed by atoms with E-state index in [1.165, 1.54) is 0 Å². The minimum Gasteiger partial charge on any atom is -0.480 e. The number of imidazole rings is 1. The molecule has 2 rings (SSSR count). The van der Waals surface area contributed by atoms with Gasteiger partial charge in [0, 0.05) is 12.4 Å². The predicted octanol–water partition coefficient (Wildman–Crippen LogP) is 0.459. The molecule has 1 atom stereocenters. The number of nitrogens with zero attached hydrogens (tertiary/aromatic N) is 2. The molecule has 5 heteroatoms. The van der Waals surface area contributed by atoms with Crippen LogP contribution in [0.3, 0.4) is 0 Å². The first-order valence-electron chi connectivity index (χ1n) is 4.72. The second-order valence-electron chi connectivity index (χ2n) is 3.50. The first kappa shape index (κ1) is 9.21. The highest BCUT2D eigenvalue weighted by atomic mass is 16.4. The molecule has 2 N–H and O–H groups in total. The Bertz CT molecular complexity index is 310. The summed E-state index contributed by atoms with van der Waals surface area (Å²) in [4.78, 5) is 19.9. The van der Waals surface area contributed by atoms with Gasteiger partial charge in [0.1, 0.15) is 11.9 Å². The topological polar surface area (TPSA) is 69.2 Å². The Morgan fingerprint density at radius 2 is 2.64 bits per heavy atom. The lowest BCUT2D eigenvalue weighted by Crippen LogP contribution is -2.35. The third kappa shape index (κ3) is 1.77. The van der Waals surface area contributed by atoms with Crippen molar-refractivity contribution in [3.63, 3.8) is 0 Å². The number of carbonyl (C=O) groups is 1. The van der Waals surface area contributed by atoms with Crippen molar-refractivity contribution in [1.82, 2.24) is 14.9 Å². The first-order chi connectivity index (χ1) is 6.77. The average Bonchev–Trinajstić information content (AvgIpc) is 2.75. The molecule has 1 aromatic rings. The first-order valence-corrected chi connectivity index (χ1v) is 4.72. The predicted molar refractivity (Wildman–Crippen MR) is 49.7 cm³/mol. The molecule has 1 aromatic heterocycles. The van der Waals surface area contributed by atoms with Crippen molar-refractivity contribution < 1.29 is 9.90 Å². The van der Waals surface area contributed by atoms with Crippen LogP contribution >= 0.6 is 0 Å². The van der Waals surface area contributed by atoms with Crippen LogP contribution in [-0.4, -0.2) is 38.5 Å². The van der Waals surface area contributed by atoms with Crippen molar-refractivity contribution in [3.8, 4) is 0 Å². The maximum Gasteiger partial charge on any atom is 0.320 e. The summed E-state index contributed by atoms with van der Waals surface area (Å²) >= 11 is 0. The Hall–Kier alpha value is -1.36. The Balaban J connectivity index is 2.00. The number of hydrogen-bond acceptors (Lipinski definition) is 3. The van der Waals surface area contributed by atoms with Gasteiger partial charge in [-0.15, -0.1) is 0 Å². The molecule has 2 heterocycles. The van der Waals surface area contributed by atoms with Crippen LogP contribution in [0.5, 0.6) is 0 Å². The molecular formula is C9H13N3O2. The Morgan fingerprint density at radius 3 is 3.29 bits per heavy atom. The molecule has 1 aliphatic heterocycles. The average molecular weight is 195 g/mol. The van der Waals surface area contributed by atoms with E-state index in [-0.39, 0.29) is 6.04 Å². The molecule has 1 fully saturated rings. The Labute approximate surface area is 81.8 Å². The summed E-state index contributed by atoms with van der Waals surface area (Å²) in [6.45, 7) is 1.45. The van der Waals surface area contributed by atoms with E-state index in [1.54, 1.807) is 12.4 Å². The molecule has 1 aliphatic rings. The van der Waals surface area contributed by atoms with Crippen LogP contribution in [-0.2, 0) is 11.3 Å². The van der Waals surface area contributed by atoms with E-state index in [0.29, 0.717) is 6.54 Å².